The Morgan fingerprint density at radius 3 is 2.40 bits per heavy atom. The highest BCUT2D eigenvalue weighted by Gasteiger charge is 2.30. The van der Waals surface area contributed by atoms with Gasteiger partial charge in [0.05, 0.1) is 11.8 Å². The van der Waals surface area contributed by atoms with Gasteiger partial charge in [-0.2, -0.15) is 0 Å². The Hall–Kier alpha value is -3.09. The maximum absolute atomic E-state index is 12.7. The van der Waals surface area contributed by atoms with E-state index in [1.54, 1.807) is 0 Å². The second-order valence-corrected chi connectivity index (χ2v) is 5.67. The number of carboxylic acids is 1. The third-order valence-electron chi connectivity index (χ3n) is 3.81. The van der Waals surface area contributed by atoms with Crippen molar-refractivity contribution < 1.29 is 23.9 Å². The van der Waals surface area contributed by atoms with Crippen LogP contribution in [0, 0.1) is 0 Å². The van der Waals surface area contributed by atoms with Crippen LogP contribution in [0.3, 0.4) is 0 Å². The van der Waals surface area contributed by atoms with Crippen LogP contribution in [0.4, 0.5) is 0 Å². The molecule has 1 heterocycles. The van der Waals surface area contributed by atoms with Gasteiger partial charge in [0.25, 0.3) is 5.91 Å². The van der Waals surface area contributed by atoms with Crippen LogP contribution in [-0.4, -0.2) is 39.9 Å². The molecule has 0 aliphatic rings. The molecule has 0 bridgehead atoms. The molecule has 2 aromatic rings. The van der Waals surface area contributed by atoms with E-state index in [4.69, 9.17) is 4.42 Å². The first-order chi connectivity index (χ1) is 11.9. The Bertz CT molecular complexity index is 727. The minimum atomic E-state index is -1.11. The molecule has 0 saturated carbocycles. The van der Waals surface area contributed by atoms with Gasteiger partial charge in [-0.15, -0.1) is 0 Å². The van der Waals surface area contributed by atoms with Crippen LogP contribution in [-0.2, 0) is 16.1 Å². The van der Waals surface area contributed by atoms with Crippen molar-refractivity contribution in [1.82, 2.24) is 10.2 Å². The largest absolute Gasteiger partial charge is 0.480 e. The van der Waals surface area contributed by atoms with E-state index in [1.165, 1.54) is 37.3 Å². The van der Waals surface area contributed by atoms with Crippen molar-refractivity contribution in [2.75, 3.05) is 0 Å². The molecule has 0 radical (unpaired) electrons. The lowest BCUT2D eigenvalue weighted by atomic mass is 10.1. The fraction of sp³-hybridized carbons (Fsp3) is 0.278. The van der Waals surface area contributed by atoms with Gasteiger partial charge in [-0.3, -0.25) is 9.59 Å². The normalized spacial score (nSPS) is 12.9. The van der Waals surface area contributed by atoms with Crippen molar-refractivity contribution >= 4 is 17.8 Å². The number of nitrogens with one attached hydrogen (secondary N) is 1. The number of hydrogen-bond acceptors (Lipinski definition) is 4. The van der Waals surface area contributed by atoms with E-state index in [0.717, 1.165) is 5.56 Å². The fourth-order valence-electron chi connectivity index (χ4n) is 2.30. The van der Waals surface area contributed by atoms with Crippen molar-refractivity contribution in [2.45, 2.75) is 32.5 Å². The van der Waals surface area contributed by atoms with E-state index >= 15 is 0 Å². The Kier molecular flexibility index (Phi) is 5.94. The summed E-state index contributed by atoms with van der Waals surface area (Å²) in [7, 11) is 0. The maximum atomic E-state index is 12.7. The Morgan fingerprint density at radius 2 is 1.84 bits per heavy atom. The Balaban J connectivity index is 2.13. The van der Waals surface area contributed by atoms with Crippen LogP contribution in [0.1, 0.15) is 29.8 Å². The third-order valence-corrected chi connectivity index (χ3v) is 3.81. The zero-order valence-electron chi connectivity index (χ0n) is 14.0. The molecule has 7 heteroatoms. The second kappa shape index (κ2) is 8.14. The molecule has 1 aromatic carbocycles. The van der Waals surface area contributed by atoms with Gasteiger partial charge in [-0.25, -0.2) is 4.79 Å². The summed E-state index contributed by atoms with van der Waals surface area (Å²) in [5.41, 5.74) is 1.10. The standard InChI is InChI=1S/C18H20N2O5/c1-12(19-16(21)15-8-9-25-11-15)17(22)20(13(2)18(23)24)10-14-6-4-3-5-7-14/h3-9,11-13H,10H2,1-2H3,(H,19,21)(H,23,24). The average Bonchev–Trinajstić information content (AvgIpc) is 3.14. The molecule has 7 nitrogen and oxygen atoms in total. The van der Waals surface area contributed by atoms with Gasteiger partial charge in [-0.1, -0.05) is 30.3 Å². The van der Waals surface area contributed by atoms with E-state index < -0.39 is 29.9 Å². The topological polar surface area (TPSA) is 99.9 Å². The highest BCUT2D eigenvalue weighted by Crippen LogP contribution is 2.11. The minimum Gasteiger partial charge on any atom is -0.480 e. The summed E-state index contributed by atoms with van der Waals surface area (Å²) in [4.78, 5) is 37.4. The Labute approximate surface area is 145 Å². The summed E-state index contributed by atoms with van der Waals surface area (Å²) in [5.74, 6) is -2.05. The smallest absolute Gasteiger partial charge is 0.326 e. The lowest BCUT2D eigenvalue weighted by molar-refractivity contribution is -0.150. The van der Waals surface area contributed by atoms with Gasteiger partial charge in [0.2, 0.25) is 5.91 Å². The number of carbonyl (C=O) groups is 3. The third kappa shape index (κ3) is 4.69. The zero-order valence-corrected chi connectivity index (χ0v) is 14.0. The van der Waals surface area contributed by atoms with Gasteiger partial charge in [0.1, 0.15) is 18.3 Å². The van der Waals surface area contributed by atoms with Crippen molar-refractivity contribution in [3.8, 4) is 0 Å². The molecule has 0 fully saturated rings. The number of hydrogen-bond donors (Lipinski definition) is 2. The molecule has 2 unspecified atom stereocenters. The minimum absolute atomic E-state index is 0.138. The fourth-order valence-corrected chi connectivity index (χ4v) is 2.30. The number of carboxylic acid groups (broad SMARTS) is 1. The molecule has 2 amide bonds. The predicted octanol–water partition coefficient (Wildman–Crippen LogP) is 1.90. The molecule has 1 aromatic heterocycles. The van der Waals surface area contributed by atoms with E-state index in [-0.39, 0.29) is 6.54 Å². The van der Waals surface area contributed by atoms with Crippen molar-refractivity contribution in [1.29, 1.82) is 0 Å². The number of rotatable bonds is 7. The van der Waals surface area contributed by atoms with Crippen molar-refractivity contribution in [3.05, 3.63) is 60.1 Å². The monoisotopic (exact) mass is 344 g/mol. The molecule has 0 saturated heterocycles. The van der Waals surface area contributed by atoms with Gasteiger partial charge < -0.3 is 19.7 Å². The van der Waals surface area contributed by atoms with Crippen LogP contribution in [0.5, 0.6) is 0 Å². The molecule has 2 N–H and O–H groups in total. The average molecular weight is 344 g/mol. The molecule has 0 spiro atoms. The number of carbonyl (C=O) groups excluding carboxylic acids is 2. The number of furan rings is 1. The molecule has 132 valence electrons. The van der Waals surface area contributed by atoms with Crippen molar-refractivity contribution in [2.24, 2.45) is 0 Å². The first kappa shape index (κ1) is 18.3. The Morgan fingerprint density at radius 1 is 1.16 bits per heavy atom. The summed E-state index contributed by atoms with van der Waals surface area (Å²) in [6, 6.07) is 8.65. The van der Waals surface area contributed by atoms with E-state index in [9.17, 15) is 19.5 Å². The predicted molar refractivity (Wildman–Crippen MR) is 89.7 cm³/mol. The number of benzene rings is 1. The molecular weight excluding hydrogens is 324 g/mol. The first-order valence-corrected chi connectivity index (χ1v) is 7.80. The van der Waals surface area contributed by atoms with Crippen LogP contribution in [0.2, 0.25) is 0 Å². The van der Waals surface area contributed by atoms with E-state index in [2.05, 4.69) is 5.32 Å². The molecule has 0 aliphatic carbocycles. The number of nitrogens with zero attached hydrogens (tertiary/aromatic N) is 1. The van der Waals surface area contributed by atoms with Crippen LogP contribution >= 0.6 is 0 Å². The summed E-state index contributed by atoms with van der Waals surface area (Å²) < 4.78 is 4.84. The highest BCUT2D eigenvalue weighted by molar-refractivity contribution is 5.97. The van der Waals surface area contributed by atoms with Gasteiger partial charge in [-0.05, 0) is 25.5 Å². The van der Waals surface area contributed by atoms with Gasteiger partial charge in [0.15, 0.2) is 0 Å². The molecule has 2 atom stereocenters. The number of aliphatic carboxylic acids is 1. The summed E-state index contributed by atoms with van der Waals surface area (Å²) >= 11 is 0. The molecule has 25 heavy (non-hydrogen) atoms. The summed E-state index contributed by atoms with van der Waals surface area (Å²) in [6.45, 7) is 3.10. The van der Waals surface area contributed by atoms with E-state index in [0.29, 0.717) is 5.56 Å². The van der Waals surface area contributed by atoms with E-state index in [1.807, 2.05) is 30.3 Å². The van der Waals surface area contributed by atoms with Crippen LogP contribution in [0.15, 0.2) is 53.3 Å². The van der Waals surface area contributed by atoms with Gasteiger partial charge >= 0.3 is 5.97 Å². The molecular formula is C18H20N2O5. The van der Waals surface area contributed by atoms with Crippen LogP contribution < -0.4 is 5.32 Å². The van der Waals surface area contributed by atoms with Gasteiger partial charge in [0, 0.05) is 6.54 Å². The van der Waals surface area contributed by atoms with Crippen LogP contribution in [0.25, 0.3) is 0 Å². The zero-order chi connectivity index (χ0) is 18.4. The quantitative estimate of drug-likeness (QED) is 0.799. The lowest BCUT2D eigenvalue weighted by Gasteiger charge is -2.29. The summed E-state index contributed by atoms with van der Waals surface area (Å²) in [6.07, 6.45) is 2.63. The molecule has 2 rings (SSSR count). The maximum Gasteiger partial charge on any atom is 0.326 e. The lowest BCUT2D eigenvalue weighted by Crippen LogP contribution is -2.51. The highest BCUT2D eigenvalue weighted by atomic mass is 16.4. The van der Waals surface area contributed by atoms with Crippen molar-refractivity contribution in [3.63, 3.8) is 0 Å². The first-order valence-electron chi connectivity index (χ1n) is 7.80. The SMILES string of the molecule is CC(NC(=O)c1ccoc1)C(=O)N(Cc1ccccc1)C(C)C(=O)O. The molecule has 0 aliphatic heterocycles. The number of amides is 2. The second-order valence-electron chi connectivity index (χ2n) is 5.67. The summed E-state index contributed by atoms with van der Waals surface area (Å²) in [5, 5.41) is 11.9.